The van der Waals surface area contributed by atoms with E-state index in [1.807, 2.05) is 0 Å². The van der Waals surface area contributed by atoms with E-state index in [2.05, 4.69) is 19.9 Å². The highest BCUT2D eigenvalue weighted by atomic mass is 32.2. The molecule has 0 saturated carbocycles. The highest BCUT2D eigenvalue weighted by Gasteiger charge is 2.23. The number of hydrogen-bond donors (Lipinski definition) is 2. The quantitative estimate of drug-likeness (QED) is 0.672. The number of morpholine rings is 1. The highest BCUT2D eigenvalue weighted by Crippen LogP contribution is 2.03. The molecule has 2 heterocycles. The van der Waals surface area contributed by atoms with Crippen molar-refractivity contribution in [2.75, 3.05) is 26.3 Å². The van der Waals surface area contributed by atoms with Crippen LogP contribution in [0.3, 0.4) is 0 Å². The molecular weight excluding hydrogens is 234 g/mol. The van der Waals surface area contributed by atoms with Gasteiger partial charge in [0, 0.05) is 13.1 Å². The smallest absolute Gasteiger partial charge is 0.280 e. The number of ether oxygens (including phenoxy) is 1. The summed E-state index contributed by atoms with van der Waals surface area (Å²) in [5.74, 6) is 0.483. The van der Waals surface area contributed by atoms with Crippen LogP contribution in [-0.4, -0.2) is 54.2 Å². The molecule has 0 amide bonds. The number of hydrogen-bond acceptors (Lipinski definition) is 5. The summed E-state index contributed by atoms with van der Waals surface area (Å²) in [5.41, 5.74) is 0. The van der Waals surface area contributed by atoms with Crippen LogP contribution in [0.2, 0.25) is 0 Å². The second kappa shape index (κ2) is 4.87. The van der Waals surface area contributed by atoms with Crippen LogP contribution in [-0.2, 0) is 21.5 Å². The molecule has 0 aromatic carbocycles. The zero-order valence-electron chi connectivity index (χ0n) is 8.59. The SMILES string of the molecule is O=S(=O)(NCc1ncn[nH]1)N1CCOCC1. The maximum atomic E-state index is 11.8. The lowest BCUT2D eigenvalue weighted by Gasteiger charge is -2.25. The Morgan fingerprint density at radius 3 is 2.88 bits per heavy atom. The van der Waals surface area contributed by atoms with E-state index in [0.717, 1.165) is 0 Å². The Morgan fingerprint density at radius 2 is 2.25 bits per heavy atom. The van der Waals surface area contributed by atoms with Crippen LogP contribution < -0.4 is 4.72 Å². The second-order valence-corrected chi connectivity index (χ2v) is 5.02. The van der Waals surface area contributed by atoms with Gasteiger partial charge in [-0.05, 0) is 0 Å². The minimum atomic E-state index is -3.44. The molecule has 1 fully saturated rings. The van der Waals surface area contributed by atoms with Crippen molar-refractivity contribution < 1.29 is 13.2 Å². The van der Waals surface area contributed by atoms with Gasteiger partial charge in [0.05, 0.1) is 19.8 Å². The van der Waals surface area contributed by atoms with Gasteiger partial charge in [-0.1, -0.05) is 0 Å². The molecule has 0 atom stereocenters. The third-order valence-corrected chi connectivity index (χ3v) is 3.75. The van der Waals surface area contributed by atoms with Gasteiger partial charge in [-0.3, -0.25) is 5.10 Å². The summed E-state index contributed by atoms with van der Waals surface area (Å²) in [6.07, 6.45) is 1.33. The Kier molecular flexibility index (Phi) is 3.49. The predicted molar refractivity (Wildman–Crippen MR) is 54.5 cm³/mol. The molecule has 16 heavy (non-hydrogen) atoms. The van der Waals surface area contributed by atoms with E-state index in [0.29, 0.717) is 32.1 Å². The van der Waals surface area contributed by atoms with Crippen molar-refractivity contribution in [3.8, 4) is 0 Å². The van der Waals surface area contributed by atoms with Gasteiger partial charge in [0.15, 0.2) is 0 Å². The lowest BCUT2D eigenvalue weighted by atomic mass is 10.5. The molecule has 2 rings (SSSR count). The molecule has 8 nitrogen and oxygen atoms in total. The van der Waals surface area contributed by atoms with Crippen LogP contribution in [0.15, 0.2) is 6.33 Å². The first-order valence-corrected chi connectivity index (χ1v) is 6.29. The predicted octanol–water partition coefficient (Wildman–Crippen LogP) is -1.53. The molecule has 1 saturated heterocycles. The normalized spacial score (nSPS) is 18.8. The van der Waals surface area contributed by atoms with Crippen molar-refractivity contribution >= 4 is 10.2 Å². The van der Waals surface area contributed by atoms with Crippen molar-refractivity contribution in [3.05, 3.63) is 12.2 Å². The largest absolute Gasteiger partial charge is 0.379 e. The molecule has 0 unspecified atom stereocenters. The van der Waals surface area contributed by atoms with Crippen molar-refractivity contribution in [1.82, 2.24) is 24.2 Å². The topological polar surface area (TPSA) is 100 Å². The average molecular weight is 247 g/mol. The number of rotatable bonds is 4. The fourth-order valence-electron chi connectivity index (χ4n) is 1.35. The Balaban J connectivity index is 1.91. The summed E-state index contributed by atoms with van der Waals surface area (Å²) in [6, 6.07) is 0. The van der Waals surface area contributed by atoms with E-state index in [4.69, 9.17) is 4.74 Å². The van der Waals surface area contributed by atoms with Gasteiger partial charge < -0.3 is 4.74 Å². The summed E-state index contributed by atoms with van der Waals surface area (Å²) >= 11 is 0. The van der Waals surface area contributed by atoms with Crippen molar-refractivity contribution in [3.63, 3.8) is 0 Å². The van der Waals surface area contributed by atoms with E-state index in [-0.39, 0.29) is 6.54 Å². The molecule has 1 aliphatic rings. The molecule has 0 radical (unpaired) electrons. The van der Waals surface area contributed by atoms with Crippen LogP contribution >= 0.6 is 0 Å². The number of aromatic nitrogens is 3. The van der Waals surface area contributed by atoms with E-state index >= 15 is 0 Å². The first-order valence-electron chi connectivity index (χ1n) is 4.85. The summed E-state index contributed by atoms with van der Waals surface area (Å²) < 4.78 is 32.4. The molecule has 1 aromatic rings. The minimum Gasteiger partial charge on any atom is -0.379 e. The Bertz CT molecular complexity index is 411. The molecule has 0 bridgehead atoms. The van der Waals surface area contributed by atoms with Gasteiger partial charge in [0.2, 0.25) is 0 Å². The lowest BCUT2D eigenvalue weighted by Crippen LogP contribution is -2.46. The molecule has 0 spiro atoms. The number of nitrogens with one attached hydrogen (secondary N) is 2. The molecule has 9 heteroatoms. The summed E-state index contributed by atoms with van der Waals surface area (Å²) in [5, 5.41) is 6.21. The highest BCUT2D eigenvalue weighted by molar-refractivity contribution is 7.87. The average Bonchev–Trinajstić information content (AvgIpc) is 2.81. The maximum Gasteiger partial charge on any atom is 0.280 e. The minimum absolute atomic E-state index is 0.111. The Morgan fingerprint density at radius 1 is 1.50 bits per heavy atom. The van der Waals surface area contributed by atoms with Gasteiger partial charge in [-0.15, -0.1) is 0 Å². The molecule has 1 aromatic heterocycles. The van der Waals surface area contributed by atoms with Crippen molar-refractivity contribution in [2.24, 2.45) is 0 Å². The first-order chi connectivity index (χ1) is 7.68. The van der Waals surface area contributed by atoms with Crippen molar-refractivity contribution in [1.29, 1.82) is 0 Å². The lowest BCUT2D eigenvalue weighted by molar-refractivity contribution is 0.0724. The molecule has 90 valence electrons. The van der Waals surface area contributed by atoms with E-state index in [9.17, 15) is 8.42 Å². The number of aromatic amines is 1. The van der Waals surface area contributed by atoms with Crippen LogP contribution in [0.5, 0.6) is 0 Å². The fraction of sp³-hybridized carbons (Fsp3) is 0.714. The van der Waals surface area contributed by atoms with Gasteiger partial charge in [-0.2, -0.15) is 22.5 Å². The van der Waals surface area contributed by atoms with Gasteiger partial charge in [0.1, 0.15) is 12.2 Å². The molecular formula is C7H13N5O3S. The maximum absolute atomic E-state index is 11.8. The zero-order valence-corrected chi connectivity index (χ0v) is 9.40. The molecule has 0 aliphatic carbocycles. The van der Waals surface area contributed by atoms with E-state index in [1.54, 1.807) is 0 Å². The van der Waals surface area contributed by atoms with Crippen LogP contribution in [0, 0.1) is 0 Å². The fourth-order valence-corrected chi connectivity index (χ4v) is 2.49. The Hall–Kier alpha value is -1.03. The summed E-state index contributed by atoms with van der Waals surface area (Å²) in [6.45, 7) is 1.74. The third kappa shape index (κ3) is 2.76. The van der Waals surface area contributed by atoms with E-state index < -0.39 is 10.2 Å². The summed E-state index contributed by atoms with van der Waals surface area (Å²) in [7, 11) is -3.44. The van der Waals surface area contributed by atoms with Gasteiger partial charge in [-0.25, -0.2) is 4.98 Å². The van der Waals surface area contributed by atoms with Crippen LogP contribution in [0.1, 0.15) is 5.82 Å². The third-order valence-electron chi connectivity index (χ3n) is 2.20. The second-order valence-electron chi connectivity index (χ2n) is 3.27. The first kappa shape index (κ1) is 11.5. The number of H-pyrrole nitrogens is 1. The molecule has 2 N–H and O–H groups in total. The van der Waals surface area contributed by atoms with Gasteiger partial charge >= 0.3 is 0 Å². The van der Waals surface area contributed by atoms with Crippen LogP contribution in [0.4, 0.5) is 0 Å². The van der Waals surface area contributed by atoms with E-state index in [1.165, 1.54) is 10.6 Å². The monoisotopic (exact) mass is 247 g/mol. The standard InChI is InChI=1S/C7H13N5O3S/c13-16(14,12-1-3-15-4-2-12)10-5-7-8-6-9-11-7/h6,10H,1-5H2,(H,8,9,11). The van der Waals surface area contributed by atoms with Crippen LogP contribution in [0.25, 0.3) is 0 Å². The number of nitrogens with zero attached hydrogens (tertiary/aromatic N) is 3. The zero-order chi connectivity index (χ0) is 11.4. The summed E-state index contributed by atoms with van der Waals surface area (Å²) in [4.78, 5) is 3.83. The van der Waals surface area contributed by atoms with Crippen molar-refractivity contribution in [2.45, 2.75) is 6.54 Å². The van der Waals surface area contributed by atoms with Gasteiger partial charge in [0.25, 0.3) is 10.2 Å². The Labute approximate surface area is 93.2 Å². The molecule has 1 aliphatic heterocycles.